The van der Waals surface area contributed by atoms with E-state index in [4.69, 9.17) is 5.73 Å². The molecule has 124 valence electrons. The fourth-order valence-corrected chi connectivity index (χ4v) is 2.92. The van der Waals surface area contributed by atoms with Crippen molar-refractivity contribution in [3.63, 3.8) is 0 Å². The van der Waals surface area contributed by atoms with Gasteiger partial charge in [-0.2, -0.15) is 4.99 Å². The zero-order chi connectivity index (χ0) is 17.4. The Bertz CT molecular complexity index is 895. The minimum atomic E-state index is -0.501. The van der Waals surface area contributed by atoms with Gasteiger partial charge < -0.3 is 15.6 Å². The molecule has 0 aliphatic carbocycles. The topological polar surface area (TPSA) is 107 Å². The standard InChI is InChI=1S/C17H18N4O3/c1-9-8-19-17(24)14-6-11-3-4-12(7-13(11)21(9)14)16(23)20-15(18)5-10(2)22/h3-4,6-7,9H,5,8H2,1-2H3,(H,19,24)(H2,18,20,23). The largest absolute Gasteiger partial charge is 0.387 e. The normalized spacial score (nSPS) is 17.5. The van der Waals surface area contributed by atoms with E-state index in [1.807, 2.05) is 17.6 Å². The maximum atomic E-state index is 12.2. The summed E-state index contributed by atoms with van der Waals surface area (Å²) in [6, 6.07) is 7.03. The maximum Gasteiger partial charge on any atom is 0.278 e. The highest BCUT2D eigenvalue weighted by atomic mass is 16.2. The lowest BCUT2D eigenvalue weighted by molar-refractivity contribution is -0.115. The highest BCUT2D eigenvalue weighted by Gasteiger charge is 2.24. The van der Waals surface area contributed by atoms with Crippen LogP contribution < -0.4 is 11.1 Å². The fourth-order valence-electron chi connectivity index (χ4n) is 2.92. The van der Waals surface area contributed by atoms with Crippen LogP contribution in [-0.2, 0) is 4.79 Å². The van der Waals surface area contributed by atoms with Crippen LogP contribution in [0, 0.1) is 0 Å². The Labute approximate surface area is 138 Å². The summed E-state index contributed by atoms with van der Waals surface area (Å²) in [7, 11) is 0. The van der Waals surface area contributed by atoms with Gasteiger partial charge in [0.15, 0.2) is 0 Å². The van der Waals surface area contributed by atoms with Crippen molar-refractivity contribution in [3.8, 4) is 0 Å². The van der Waals surface area contributed by atoms with Crippen LogP contribution in [0.5, 0.6) is 0 Å². The fraction of sp³-hybridized carbons (Fsp3) is 0.294. The Morgan fingerprint density at radius 2 is 2.12 bits per heavy atom. The van der Waals surface area contributed by atoms with E-state index in [0.717, 1.165) is 10.9 Å². The summed E-state index contributed by atoms with van der Waals surface area (Å²) >= 11 is 0. The monoisotopic (exact) mass is 326 g/mol. The van der Waals surface area contributed by atoms with Gasteiger partial charge in [0.05, 0.1) is 6.42 Å². The van der Waals surface area contributed by atoms with E-state index >= 15 is 0 Å². The molecule has 0 saturated carbocycles. The summed E-state index contributed by atoms with van der Waals surface area (Å²) in [6.07, 6.45) is -0.0499. The lowest BCUT2D eigenvalue weighted by Crippen LogP contribution is -2.37. The smallest absolute Gasteiger partial charge is 0.278 e. The number of ketones is 1. The first-order valence-corrected chi connectivity index (χ1v) is 7.67. The molecular formula is C17H18N4O3. The van der Waals surface area contributed by atoms with E-state index in [0.29, 0.717) is 17.8 Å². The molecule has 24 heavy (non-hydrogen) atoms. The molecule has 1 unspecified atom stereocenters. The second-order valence-corrected chi connectivity index (χ2v) is 6.02. The number of hydrogen-bond acceptors (Lipinski definition) is 3. The number of nitrogens with zero attached hydrogens (tertiary/aromatic N) is 2. The Kier molecular flexibility index (Phi) is 3.92. The van der Waals surface area contributed by atoms with Crippen LogP contribution in [0.15, 0.2) is 29.3 Å². The van der Waals surface area contributed by atoms with Gasteiger partial charge in [-0.05, 0) is 32.0 Å². The molecule has 1 aromatic carbocycles. The number of amides is 2. The Hall–Kier alpha value is -2.96. The van der Waals surface area contributed by atoms with Crippen molar-refractivity contribution in [1.29, 1.82) is 0 Å². The van der Waals surface area contributed by atoms with E-state index in [1.54, 1.807) is 18.2 Å². The average molecular weight is 326 g/mol. The number of nitrogens with one attached hydrogen (secondary N) is 1. The highest BCUT2D eigenvalue weighted by Crippen LogP contribution is 2.27. The number of carbonyl (C=O) groups excluding carboxylic acids is 3. The predicted molar refractivity (Wildman–Crippen MR) is 90.2 cm³/mol. The Morgan fingerprint density at radius 1 is 1.38 bits per heavy atom. The molecule has 1 aliphatic heterocycles. The number of fused-ring (bicyclic) bond motifs is 3. The van der Waals surface area contributed by atoms with Crippen LogP contribution in [0.25, 0.3) is 10.9 Å². The minimum absolute atomic E-state index is 0.00229. The molecule has 1 aliphatic rings. The number of rotatable bonds is 3. The molecule has 2 aromatic rings. The number of carbonyl (C=O) groups is 3. The SMILES string of the molecule is CC(=O)CC(N)=NC(=O)c1ccc2cc3n(c2c1)C(C)CNC3=O. The minimum Gasteiger partial charge on any atom is -0.387 e. The molecule has 3 rings (SSSR count). The lowest BCUT2D eigenvalue weighted by Gasteiger charge is -2.24. The highest BCUT2D eigenvalue weighted by molar-refractivity contribution is 6.09. The van der Waals surface area contributed by atoms with E-state index in [1.165, 1.54) is 6.92 Å². The van der Waals surface area contributed by atoms with Gasteiger partial charge in [-0.15, -0.1) is 0 Å². The van der Waals surface area contributed by atoms with Crippen molar-refractivity contribution in [2.45, 2.75) is 26.3 Å². The van der Waals surface area contributed by atoms with E-state index in [9.17, 15) is 14.4 Å². The van der Waals surface area contributed by atoms with Crippen molar-refractivity contribution in [2.75, 3.05) is 6.54 Å². The molecule has 0 spiro atoms. The third-order valence-corrected chi connectivity index (χ3v) is 4.00. The predicted octanol–water partition coefficient (Wildman–Crippen LogP) is 1.42. The zero-order valence-corrected chi connectivity index (χ0v) is 13.5. The number of aliphatic imine (C=N–C) groups is 1. The van der Waals surface area contributed by atoms with Gasteiger partial charge in [-0.1, -0.05) is 6.07 Å². The molecule has 1 atom stereocenters. The van der Waals surface area contributed by atoms with E-state index < -0.39 is 5.91 Å². The first-order chi connectivity index (χ1) is 11.4. The summed E-state index contributed by atoms with van der Waals surface area (Å²) in [5.41, 5.74) is 7.36. The van der Waals surface area contributed by atoms with Crippen molar-refractivity contribution in [3.05, 3.63) is 35.5 Å². The van der Waals surface area contributed by atoms with Crippen LogP contribution in [-0.4, -0.2) is 34.5 Å². The number of amidine groups is 1. The van der Waals surface area contributed by atoms with Crippen molar-refractivity contribution in [1.82, 2.24) is 9.88 Å². The molecule has 7 nitrogen and oxygen atoms in total. The van der Waals surface area contributed by atoms with Gasteiger partial charge in [-0.25, -0.2) is 0 Å². The van der Waals surface area contributed by atoms with Gasteiger partial charge in [-0.3, -0.25) is 14.4 Å². The van der Waals surface area contributed by atoms with Crippen LogP contribution in [0.4, 0.5) is 0 Å². The molecular weight excluding hydrogens is 308 g/mol. The third-order valence-electron chi connectivity index (χ3n) is 4.00. The summed E-state index contributed by atoms with van der Waals surface area (Å²) < 4.78 is 1.92. The number of aromatic nitrogens is 1. The van der Waals surface area contributed by atoms with Crippen LogP contribution in [0.1, 0.15) is 47.2 Å². The average Bonchev–Trinajstić information content (AvgIpc) is 2.89. The Balaban J connectivity index is 2.03. The summed E-state index contributed by atoms with van der Waals surface area (Å²) in [5.74, 6) is -0.780. The molecule has 2 heterocycles. The first kappa shape index (κ1) is 15.9. The van der Waals surface area contributed by atoms with Gasteiger partial charge >= 0.3 is 0 Å². The summed E-state index contributed by atoms with van der Waals surface area (Å²) in [6.45, 7) is 3.93. The van der Waals surface area contributed by atoms with Crippen molar-refractivity contribution >= 4 is 34.3 Å². The first-order valence-electron chi connectivity index (χ1n) is 7.67. The summed E-state index contributed by atoms with van der Waals surface area (Å²) in [4.78, 5) is 39.0. The third kappa shape index (κ3) is 2.80. The summed E-state index contributed by atoms with van der Waals surface area (Å²) in [5, 5.41) is 3.71. The molecule has 2 amide bonds. The number of hydrogen-bond donors (Lipinski definition) is 2. The molecule has 1 aromatic heterocycles. The molecule has 7 heteroatoms. The Morgan fingerprint density at radius 3 is 2.83 bits per heavy atom. The quantitative estimate of drug-likeness (QED) is 0.657. The number of Topliss-reactive ketones (excluding diaryl/α,β-unsaturated/α-hetero) is 1. The van der Waals surface area contributed by atoms with Crippen LogP contribution in [0.3, 0.4) is 0 Å². The van der Waals surface area contributed by atoms with E-state index in [-0.39, 0.29) is 30.0 Å². The van der Waals surface area contributed by atoms with Crippen molar-refractivity contribution in [2.24, 2.45) is 10.7 Å². The maximum absolute atomic E-state index is 12.2. The molecule has 0 radical (unpaired) electrons. The lowest BCUT2D eigenvalue weighted by atomic mass is 10.1. The molecule has 0 saturated heterocycles. The van der Waals surface area contributed by atoms with Gasteiger partial charge in [0.1, 0.15) is 17.3 Å². The van der Waals surface area contributed by atoms with Gasteiger partial charge in [0.2, 0.25) is 0 Å². The molecule has 0 bridgehead atoms. The van der Waals surface area contributed by atoms with Gasteiger partial charge in [0.25, 0.3) is 11.8 Å². The van der Waals surface area contributed by atoms with Crippen LogP contribution in [0.2, 0.25) is 0 Å². The van der Waals surface area contributed by atoms with E-state index in [2.05, 4.69) is 10.3 Å². The second-order valence-electron chi connectivity index (χ2n) is 6.02. The second kappa shape index (κ2) is 5.92. The van der Waals surface area contributed by atoms with Gasteiger partial charge in [0, 0.05) is 29.1 Å². The molecule has 0 fully saturated rings. The zero-order valence-electron chi connectivity index (χ0n) is 13.5. The molecule has 3 N–H and O–H groups in total. The number of benzene rings is 1. The van der Waals surface area contributed by atoms with Crippen molar-refractivity contribution < 1.29 is 14.4 Å². The van der Waals surface area contributed by atoms with Crippen LogP contribution >= 0.6 is 0 Å². The number of nitrogens with two attached hydrogens (primary N) is 1.